The van der Waals surface area contributed by atoms with Gasteiger partial charge in [0.15, 0.2) is 4.93 Å². The fourth-order valence-electron chi connectivity index (χ4n) is 4.66. The van der Waals surface area contributed by atoms with Gasteiger partial charge in [-0.25, -0.2) is 0 Å². The minimum Gasteiger partial charge on any atom is -0.395 e. The molecule has 3 aliphatic rings. The van der Waals surface area contributed by atoms with Crippen LogP contribution in [0.15, 0.2) is 35.9 Å². The van der Waals surface area contributed by atoms with Gasteiger partial charge in [0.25, 0.3) is 0 Å². The molecule has 1 saturated heterocycles. The number of aliphatic hydroxyl groups is 4. The molecule has 164 valence electrons. The van der Waals surface area contributed by atoms with E-state index in [1.165, 1.54) is 11.8 Å². The maximum absolute atomic E-state index is 12.6. The third-order valence-electron chi connectivity index (χ3n) is 6.46. The summed E-state index contributed by atoms with van der Waals surface area (Å²) in [6.07, 6.45) is 4.42. The lowest BCUT2D eigenvalue weighted by molar-refractivity contribution is -0.147. The number of ether oxygens (including phenoxy) is 1. The normalized spacial score (nSPS) is 35.5. The van der Waals surface area contributed by atoms with E-state index >= 15 is 0 Å². The molecule has 0 bridgehead atoms. The Balaban J connectivity index is 1.61. The van der Waals surface area contributed by atoms with Gasteiger partial charge in [0, 0.05) is 12.0 Å². The van der Waals surface area contributed by atoms with E-state index < -0.39 is 28.5 Å². The van der Waals surface area contributed by atoms with Gasteiger partial charge in [-0.2, -0.15) is 0 Å². The van der Waals surface area contributed by atoms with E-state index in [4.69, 9.17) is 4.74 Å². The zero-order valence-corrected chi connectivity index (χ0v) is 17.8. The molecule has 0 radical (unpaired) electrons. The first-order valence-corrected chi connectivity index (χ1v) is 11.3. The highest BCUT2D eigenvalue weighted by Gasteiger charge is 2.57. The average Bonchev–Trinajstić information content (AvgIpc) is 3.09. The highest BCUT2D eigenvalue weighted by Crippen LogP contribution is 2.54. The van der Waals surface area contributed by atoms with Gasteiger partial charge in [-0.05, 0) is 47.9 Å². The number of aliphatic hydroxyl groups excluding tert-OH is 4. The molecule has 30 heavy (non-hydrogen) atoms. The molecule has 2 heterocycles. The van der Waals surface area contributed by atoms with Crippen molar-refractivity contribution >= 4 is 11.8 Å². The summed E-state index contributed by atoms with van der Waals surface area (Å²) >= 11 is 1.18. The first-order chi connectivity index (χ1) is 14.4. The van der Waals surface area contributed by atoms with Gasteiger partial charge >= 0.3 is 0 Å². The summed E-state index contributed by atoms with van der Waals surface area (Å²) in [5.74, 6) is 0.310. The lowest BCUT2D eigenvalue weighted by atomic mass is 9.85. The molecule has 1 aliphatic carbocycles. The summed E-state index contributed by atoms with van der Waals surface area (Å²) in [5.41, 5.74) is 5.06. The predicted molar refractivity (Wildman–Crippen MR) is 114 cm³/mol. The Morgan fingerprint density at radius 3 is 2.70 bits per heavy atom. The maximum atomic E-state index is 12.6. The van der Waals surface area contributed by atoms with Crippen molar-refractivity contribution in [1.82, 2.24) is 0 Å². The Bertz CT molecular complexity index is 854. The van der Waals surface area contributed by atoms with Gasteiger partial charge in [0.1, 0.15) is 12.2 Å². The van der Waals surface area contributed by atoms with Gasteiger partial charge in [0.05, 0.1) is 31.2 Å². The number of aryl methyl sites for hydroxylation is 1. The van der Waals surface area contributed by atoms with Crippen LogP contribution in [0.2, 0.25) is 0 Å². The summed E-state index contributed by atoms with van der Waals surface area (Å²) in [6, 6.07) is 4.11. The quantitative estimate of drug-likeness (QED) is 0.566. The van der Waals surface area contributed by atoms with E-state index in [-0.39, 0.29) is 13.3 Å². The number of hydrogen-bond donors (Lipinski definition) is 4. The van der Waals surface area contributed by atoms with Gasteiger partial charge in [-0.1, -0.05) is 30.4 Å². The van der Waals surface area contributed by atoms with E-state index in [0.29, 0.717) is 18.9 Å². The smallest absolute Gasteiger partial charge is 0.168 e. The van der Waals surface area contributed by atoms with Crippen LogP contribution in [0.3, 0.4) is 0 Å². The van der Waals surface area contributed by atoms with Crippen molar-refractivity contribution in [2.24, 2.45) is 5.92 Å². The number of hydrogen-bond acceptors (Lipinski definition) is 6. The molecule has 0 saturated carbocycles. The topological polar surface area (TPSA) is 90.2 Å². The Morgan fingerprint density at radius 1 is 1.23 bits per heavy atom. The second-order valence-electron chi connectivity index (χ2n) is 8.43. The van der Waals surface area contributed by atoms with E-state index in [2.05, 4.69) is 25.1 Å². The van der Waals surface area contributed by atoms with Crippen LogP contribution in [-0.2, 0) is 22.7 Å². The van der Waals surface area contributed by atoms with Crippen molar-refractivity contribution in [1.29, 1.82) is 0 Å². The molecule has 1 aromatic carbocycles. The largest absolute Gasteiger partial charge is 0.395 e. The van der Waals surface area contributed by atoms with Crippen LogP contribution in [-0.4, -0.2) is 57.3 Å². The molecule has 0 amide bonds. The second-order valence-corrected chi connectivity index (χ2v) is 9.88. The fraction of sp³-hybridized carbons (Fsp3) is 0.565. The summed E-state index contributed by atoms with van der Waals surface area (Å²) in [4.78, 5) is -1.21. The highest BCUT2D eigenvalue weighted by molar-refractivity contribution is 8.00. The van der Waals surface area contributed by atoms with E-state index in [9.17, 15) is 24.8 Å². The monoisotopic (exact) mass is 436 g/mol. The molecule has 1 spiro atoms. The highest BCUT2D eigenvalue weighted by atomic mass is 32.2. The number of thioether (sulfide) groups is 1. The minimum absolute atomic E-state index is 0.306. The number of rotatable bonds is 5. The van der Waals surface area contributed by atoms with Crippen LogP contribution >= 0.6 is 11.8 Å². The van der Waals surface area contributed by atoms with Gasteiger partial charge in [0.2, 0.25) is 0 Å². The molecular weight excluding hydrogens is 407 g/mol. The number of fused-ring (bicyclic) bond motifs is 2. The zero-order chi connectivity index (χ0) is 21.5. The molecule has 1 aromatic rings. The van der Waals surface area contributed by atoms with Crippen LogP contribution < -0.4 is 0 Å². The Morgan fingerprint density at radius 2 is 2.03 bits per heavy atom. The van der Waals surface area contributed by atoms with Crippen molar-refractivity contribution in [2.45, 2.75) is 61.3 Å². The first-order valence-electron chi connectivity index (χ1n) is 10.4. The summed E-state index contributed by atoms with van der Waals surface area (Å²) < 4.78 is 18.6. The van der Waals surface area contributed by atoms with E-state index in [1.807, 2.05) is 12.1 Å². The SMILES string of the molecule is Cc1cc2c(cc1CC1C=CC(CCF)=CC1)[C@]1(OC2)S[C@H](CO)[C@@H](O)C(O)[C@H]1O. The van der Waals surface area contributed by atoms with E-state index in [1.54, 1.807) is 0 Å². The lowest BCUT2D eigenvalue weighted by Crippen LogP contribution is -2.58. The average molecular weight is 437 g/mol. The van der Waals surface area contributed by atoms with E-state index in [0.717, 1.165) is 40.7 Å². The lowest BCUT2D eigenvalue weighted by Gasteiger charge is -2.45. The second kappa shape index (κ2) is 8.73. The maximum Gasteiger partial charge on any atom is 0.168 e. The van der Waals surface area contributed by atoms with Crippen molar-refractivity contribution in [3.8, 4) is 0 Å². The van der Waals surface area contributed by atoms with Crippen molar-refractivity contribution in [2.75, 3.05) is 13.3 Å². The van der Waals surface area contributed by atoms with Crippen LogP contribution in [0, 0.1) is 12.8 Å². The summed E-state index contributed by atoms with van der Waals surface area (Å²) in [5, 5.41) is 40.4. The molecule has 0 aromatic heterocycles. The van der Waals surface area contributed by atoms with Gasteiger partial charge in [-0.15, -0.1) is 11.8 Å². The summed E-state index contributed by atoms with van der Waals surface area (Å²) in [6.45, 7) is 1.69. The van der Waals surface area contributed by atoms with Crippen molar-refractivity contribution in [3.05, 3.63) is 58.2 Å². The van der Waals surface area contributed by atoms with Gasteiger partial charge < -0.3 is 25.2 Å². The van der Waals surface area contributed by atoms with Crippen molar-refractivity contribution < 1.29 is 29.6 Å². The third-order valence-corrected chi connectivity index (χ3v) is 8.12. The standard InChI is InChI=1S/C23H29FO5S/c1-13-8-17-12-29-23(22(28)21(27)20(26)19(11-25)30-23)18(17)10-16(13)9-15-4-2-14(3-5-15)6-7-24/h2-4,8,10,15,19-22,25-28H,5-7,9,11-12H2,1H3/t15?,19-,20-,21?,22-,23+/m1/s1. The molecule has 5 nitrogen and oxygen atoms in total. The van der Waals surface area contributed by atoms with Crippen molar-refractivity contribution in [3.63, 3.8) is 0 Å². The summed E-state index contributed by atoms with van der Waals surface area (Å²) in [7, 11) is 0. The molecule has 2 unspecified atom stereocenters. The molecule has 6 atom stereocenters. The number of halogens is 1. The minimum atomic E-state index is -1.40. The Hall–Kier alpha value is -1.22. The Kier molecular flexibility index (Phi) is 6.40. The molecule has 4 rings (SSSR count). The predicted octanol–water partition coefficient (Wildman–Crippen LogP) is 2.27. The van der Waals surface area contributed by atoms with Gasteiger partial charge in [-0.3, -0.25) is 4.39 Å². The molecule has 7 heteroatoms. The van der Waals surface area contributed by atoms with Crippen LogP contribution in [0.5, 0.6) is 0 Å². The van der Waals surface area contributed by atoms with Crippen LogP contribution in [0.4, 0.5) is 4.39 Å². The molecule has 2 aliphatic heterocycles. The third kappa shape index (κ3) is 3.76. The van der Waals surface area contributed by atoms with Crippen LogP contribution in [0.1, 0.15) is 35.1 Å². The fourth-order valence-corrected chi connectivity index (χ4v) is 6.21. The molecule has 4 N–H and O–H groups in total. The number of alkyl halides is 1. The Labute approximate surface area is 180 Å². The number of benzene rings is 1. The van der Waals surface area contributed by atoms with Crippen LogP contribution in [0.25, 0.3) is 0 Å². The number of allylic oxidation sites excluding steroid dienone is 4. The first kappa shape index (κ1) is 22.0. The zero-order valence-electron chi connectivity index (χ0n) is 17.0. The molecular formula is C23H29FO5S. The molecule has 1 fully saturated rings.